The van der Waals surface area contributed by atoms with Crippen molar-refractivity contribution in [1.29, 1.82) is 0 Å². The summed E-state index contributed by atoms with van der Waals surface area (Å²) < 4.78 is 0. The van der Waals surface area contributed by atoms with Crippen LogP contribution in [0.2, 0.25) is 0 Å². The molecule has 0 aliphatic carbocycles. The predicted octanol–water partition coefficient (Wildman–Crippen LogP) is 2.40. The van der Waals surface area contributed by atoms with Gasteiger partial charge < -0.3 is 4.90 Å². The molecule has 0 saturated heterocycles. The fourth-order valence-corrected chi connectivity index (χ4v) is 2.12. The van der Waals surface area contributed by atoms with Crippen molar-refractivity contribution >= 4 is 11.6 Å². The fraction of sp³-hybridized carbons (Fsp3) is 0.308. The minimum atomic E-state index is -0.00556. The van der Waals surface area contributed by atoms with E-state index in [-0.39, 0.29) is 5.91 Å². The molecular weight excluding hydrogens is 186 g/mol. The first kappa shape index (κ1) is 9.97. The van der Waals surface area contributed by atoms with E-state index in [9.17, 15) is 4.79 Å². The molecule has 0 bridgehead atoms. The third kappa shape index (κ3) is 1.80. The van der Waals surface area contributed by atoms with Gasteiger partial charge in [0.2, 0.25) is 5.91 Å². The summed E-state index contributed by atoms with van der Waals surface area (Å²) in [6, 6.07) is 8.09. The van der Waals surface area contributed by atoms with Gasteiger partial charge in [-0.2, -0.15) is 0 Å². The molecule has 1 aliphatic rings. The number of carbonyl (C=O) groups is 1. The summed E-state index contributed by atoms with van der Waals surface area (Å²) in [5.74, 6) is 0.512. The number of anilines is 1. The highest BCUT2D eigenvalue weighted by Gasteiger charge is 2.24. The molecule has 0 saturated carbocycles. The Morgan fingerprint density at radius 2 is 2.27 bits per heavy atom. The minimum Gasteiger partial charge on any atom is -0.308 e. The number of rotatable bonds is 1. The number of para-hydroxylation sites is 1. The van der Waals surface area contributed by atoms with E-state index in [2.05, 4.69) is 19.6 Å². The maximum atomic E-state index is 11.7. The van der Waals surface area contributed by atoms with Gasteiger partial charge >= 0.3 is 0 Å². The molecule has 1 heterocycles. The van der Waals surface area contributed by atoms with E-state index in [1.165, 1.54) is 11.6 Å². The van der Waals surface area contributed by atoms with Crippen molar-refractivity contribution in [3.63, 3.8) is 0 Å². The first-order chi connectivity index (χ1) is 7.22. The van der Waals surface area contributed by atoms with E-state index in [0.29, 0.717) is 5.92 Å². The second kappa shape index (κ2) is 3.89. The van der Waals surface area contributed by atoms with Crippen molar-refractivity contribution in [2.24, 2.45) is 5.92 Å². The van der Waals surface area contributed by atoms with Crippen LogP contribution in [0.3, 0.4) is 0 Å². The van der Waals surface area contributed by atoms with Crippen LogP contribution in [0.25, 0.3) is 0 Å². The average molecular weight is 201 g/mol. The molecule has 2 nitrogen and oxygen atoms in total. The zero-order valence-electron chi connectivity index (χ0n) is 8.94. The lowest BCUT2D eigenvalue weighted by molar-refractivity contribution is -0.114. The number of nitrogens with zero attached hydrogens (tertiary/aromatic N) is 1. The lowest BCUT2D eigenvalue weighted by Gasteiger charge is -2.32. The number of hydrogen-bond donors (Lipinski definition) is 0. The molecule has 2 heteroatoms. The van der Waals surface area contributed by atoms with Gasteiger partial charge in [-0.05, 0) is 30.0 Å². The van der Waals surface area contributed by atoms with E-state index in [1.54, 1.807) is 0 Å². The quantitative estimate of drug-likeness (QED) is 0.639. The van der Waals surface area contributed by atoms with Crippen LogP contribution >= 0.6 is 0 Å². The smallest absolute Gasteiger partial charge is 0.250 e. The molecule has 15 heavy (non-hydrogen) atoms. The van der Waals surface area contributed by atoms with Crippen LogP contribution in [0.5, 0.6) is 0 Å². The highest BCUT2D eigenvalue weighted by Crippen LogP contribution is 2.29. The van der Waals surface area contributed by atoms with Crippen molar-refractivity contribution in [2.45, 2.75) is 13.3 Å². The Balaban J connectivity index is 2.42. The van der Waals surface area contributed by atoms with Crippen molar-refractivity contribution in [3.8, 4) is 0 Å². The first-order valence-corrected chi connectivity index (χ1v) is 5.24. The molecule has 0 N–H and O–H groups in total. The van der Waals surface area contributed by atoms with Gasteiger partial charge in [0.15, 0.2) is 0 Å². The maximum absolute atomic E-state index is 11.7. The van der Waals surface area contributed by atoms with Crippen LogP contribution in [0.15, 0.2) is 36.9 Å². The topological polar surface area (TPSA) is 20.3 Å². The molecule has 1 aromatic carbocycles. The normalized spacial score (nSPS) is 19.5. The van der Waals surface area contributed by atoms with Crippen LogP contribution in [0.4, 0.5) is 5.69 Å². The molecule has 0 spiro atoms. The van der Waals surface area contributed by atoms with Crippen LogP contribution in [-0.4, -0.2) is 12.5 Å². The Morgan fingerprint density at radius 3 is 3.00 bits per heavy atom. The van der Waals surface area contributed by atoms with Gasteiger partial charge in [0, 0.05) is 12.2 Å². The van der Waals surface area contributed by atoms with Gasteiger partial charge in [0.25, 0.3) is 0 Å². The molecule has 0 aromatic heterocycles. The third-order valence-electron chi connectivity index (χ3n) is 2.79. The summed E-state index contributed by atoms with van der Waals surface area (Å²) in [7, 11) is 0. The van der Waals surface area contributed by atoms with Gasteiger partial charge in [-0.15, -0.1) is 0 Å². The van der Waals surface area contributed by atoms with Crippen molar-refractivity contribution < 1.29 is 4.79 Å². The Morgan fingerprint density at radius 1 is 1.53 bits per heavy atom. The predicted molar refractivity (Wildman–Crippen MR) is 61.9 cm³/mol. The molecule has 0 radical (unpaired) electrons. The Kier molecular flexibility index (Phi) is 2.58. The summed E-state index contributed by atoms with van der Waals surface area (Å²) in [5.41, 5.74) is 2.30. The largest absolute Gasteiger partial charge is 0.308 e. The van der Waals surface area contributed by atoms with Crippen LogP contribution in [0.1, 0.15) is 12.5 Å². The van der Waals surface area contributed by atoms with E-state index in [0.717, 1.165) is 18.7 Å². The standard InChI is InChI=1S/C13H15NO/c1-3-13(15)14-9-10(2)8-11-6-4-5-7-12(11)14/h3-7,10H,1,8-9H2,2H3. The number of hydrogen-bond acceptors (Lipinski definition) is 1. The maximum Gasteiger partial charge on any atom is 0.250 e. The van der Waals surface area contributed by atoms with Crippen molar-refractivity contribution in [2.75, 3.05) is 11.4 Å². The van der Waals surface area contributed by atoms with E-state index in [4.69, 9.17) is 0 Å². The first-order valence-electron chi connectivity index (χ1n) is 5.24. The third-order valence-corrected chi connectivity index (χ3v) is 2.79. The van der Waals surface area contributed by atoms with E-state index < -0.39 is 0 Å². The van der Waals surface area contributed by atoms with Crippen molar-refractivity contribution in [1.82, 2.24) is 0 Å². The number of carbonyl (C=O) groups excluding carboxylic acids is 1. The van der Waals surface area contributed by atoms with Gasteiger partial charge in [-0.25, -0.2) is 0 Å². The highest BCUT2D eigenvalue weighted by atomic mass is 16.2. The summed E-state index contributed by atoms with van der Waals surface area (Å²) in [6.45, 7) is 6.50. The summed E-state index contributed by atoms with van der Waals surface area (Å²) in [6.07, 6.45) is 2.44. The molecule has 78 valence electrons. The molecule has 1 unspecified atom stereocenters. The lowest BCUT2D eigenvalue weighted by Crippen LogP contribution is -2.38. The molecule has 1 atom stereocenters. The highest BCUT2D eigenvalue weighted by molar-refractivity contribution is 6.01. The van der Waals surface area contributed by atoms with Gasteiger partial charge in [0.05, 0.1) is 0 Å². The minimum absolute atomic E-state index is 0.00556. The Hall–Kier alpha value is -1.57. The second-order valence-corrected chi connectivity index (χ2v) is 4.09. The van der Waals surface area contributed by atoms with Gasteiger partial charge in [-0.3, -0.25) is 4.79 Å². The van der Waals surface area contributed by atoms with Gasteiger partial charge in [0.1, 0.15) is 0 Å². The number of fused-ring (bicyclic) bond motifs is 1. The zero-order valence-corrected chi connectivity index (χ0v) is 8.94. The molecule has 2 rings (SSSR count). The summed E-state index contributed by atoms with van der Waals surface area (Å²) in [5, 5.41) is 0. The van der Waals surface area contributed by atoms with Crippen LogP contribution in [0, 0.1) is 5.92 Å². The van der Waals surface area contributed by atoms with Crippen LogP contribution in [-0.2, 0) is 11.2 Å². The van der Waals surface area contributed by atoms with Crippen molar-refractivity contribution in [3.05, 3.63) is 42.5 Å². The van der Waals surface area contributed by atoms with Crippen LogP contribution < -0.4 is 4.90 Å². The molecular formula is C13H15NO. The Bertz CT molecular complexity index is 397. The second-order valence-electron chi connectivity index (χ2n) is 4.09. The Labute approximate surface area is 90.2 Å². The molecule has 1 aromatic rings. The zero-order chi connectivity index (χ0) is 10.8. The van der Waals surface area contributed by atoms with E-state index >= 15 is 0 Å². The monoisotopic (exact) mass is 201 g/mol. The number of amides is 1. The van der Waals surface area contributed by atoms with Gasteiger partial charge in [-0.1, -0.05) is 31.7 Å². The molecule has 0 fully saturated rings. The molecule has 1 amide bonds. The summed E-state index contributed by atoms with van der Waals surface area (Å²) >= 11 is 0. The lowest BCUT2D eigenvalue weighted by atomic mass is 9.94. The molecule has 1 aliphatic heterocycles. The fourth-order valence-electron chi connectivity index (χ4n) is 2.12. The SMILES string of the molecule is C=CC(=O)N1CC(C)Cc2ccccc21. The summed E-state index contributed by atoms with van der Waals surface area (Å²) in [4.78, 5) is 13.5. The number of benzene rings is 1. The van der Waals surface area contributed by atoms with E-state index in [1.807, 2.05) is 23.1 Å². The average Bonchev–Trinajstić information content (AvgIpc) is 2.26.